The van der Waals surface area contributed by atoms with Gasteiger partial charge in [0.1, 0.15) is 0 Å². The van der Waals surface area contributed by atoms with E-state index in [1.54, 1.807) is 29.2 Å². The van der Waals surface area contributed by atoms with E-state index in [2.05, 4.69) is 25.3 Å². The number of carbonyl (C=O) groups excluding carboxylic acids is 1. The molecule has 0 aliphatic carbocycles. The molecule has 0 spiro atoms. The maximum atomic E-state index is 13.1. The van der Waals surface area contributed by atoms with E-state index in [-0.39, 0.29) is 5.91 Å². The summed E-state index contributed by atoms with van der Waals surface area (Å²) >= 11 is 0. The lowest BCUT2D eigenvalue weighted by molar-refractivity contribution is 0.102. The van der Waals surface area contributed by atoms with Crippen LogP contribution >= 0.6 is 0 Å². The molecule has 1 aromatic carbocycles. The monoisotopic (exact) mass is 400 g/mol. The molecule has 5 rings (SSSR count). The van der Waals surface area contributed by atoms with Gasteiger partial charge in [-0.15, -0.1) is 0 Å². The molecule has 1 saturated heterocycles. The zero-order chi connectivity index (χ0) is 20.3. The Morgan fingerprint density at radius 3 is 2.70 bits per heavy atom. The maximum Gasteiger partial charge on any atom is 0.259 e. The Morgan fingerprint density at radius 1 is 1.03 bits per heavy atom. The highest BCUT2D eigenvalue weighted by atomic mass is 16.5. The normalized spacial score (nSPS) is 14.1. The molecule has 1 N–H and O–H groups in total. The fourth-order valence-electron chi connectivity index (χ4n) is 3.58. The standard InChI is InChI=1S/C22H20N6O2/c29-22(26-18-14-23-8-7-20(18)27-10-12-30-13-11-27)17-6-9-24-28-15-19(25-21(17)28)16-4-2-1-3-5-16/h1-9,14-15H,10-13H2,(H,26,29). The van der Waals surface area contributed by atoms with Gasteiger partial charge >= 0.3 is 0 Å². The highest BCUT2D eigenvalue weighted by Gasteiger charge is 2.19. The minimum atomic E-state index is -0.255. The molecule has 150 valence electrons. The fourth-order valence-corrected chi connectivity index (χ4v) is 3.58. The first-order valence-corrected chi connectivity index (χ1v) is 9.77. The predicted octanol–water partition coefficient (Wildman–Crippen LogP) is 2.88. The Bertz CT molecular complexity index is 1180. The van der Waals surface area contributed by atoms with E-state index >= 15 is 0 Å². The van der Waals surface area contributed by atoms with Crippen LogP contribution in [0, 0.1) is 0 Å². The number of amides is 1. The number of ether oxygens (including phenoxy) is 1. The summed E-state index contributed by atoms with van der Waals surface area (Å²) in [4.78, 5) is 24.2. The van der Waals surface area contributed by atoms with E-state index in [1.165, 1.54) is 0 Å². The minimum absolute atomic E-state index is 0.255. The second kappa shape index (κ2) is 7.92. The molecule has 4 heterocycles. The number of anilines is 2. The first kappa shape index (κ1) is 18.3. The fraction of sp³-hybridized carbons (Fsp3) is 0.182. The predicted molar refractivity (Wildman–Crippen MR) is 114 cm³/mol. The molecular weight excluding hydrogens is 380 g/mol. The quantitative estimate of drug-likeness (QED) is 0.567. The number of imidazole rings is 1. The molecule has 8 nitrogen and oxygen atoms in total. The summed E-state index contributed by atoms with van der Waals surface area (Å²) in [5.41, 5.74) is 4.28. The molecule has 1 aliphatic heterocycles. The summed E-state index contributed by atoms with van der Waals surface area (Å²) in [5, 5.41) is 7.31. The highest BCUT2D eigenvalue weighted by Crippen LogP contribution is 2.26. The second-order valence-corrected chi connectivity index (χ2v) is 6.95. The Hall–Kier alpha value is -3.78. The molecule has 30 heavy (non-hydrogen) atoms. The van der Waals surface area contributed by atoms with Crippen molar-refractivity contribution in [2.24, 2.45) is 0 Å². The van der Waals surface area contributed by atoms with E-state index < -0.39 is 0 Å². The first-order valence-electron chi connectivity index (χ1n) is 9.77. The Kier molecular flexibility index (Phi) is 4.82. The summed E-state index contributed by atoms with van der Waals surface area (Å²) in [6.07, 6.45) is 6.82. The molecule has 0 radical (unpaired) electrons. The number of hydrogen-bond donors (Lipinski definition) is 1. The van der Waals surface area contributed by atoms with E-state index in [1.807, 2.05) is 42.6 Å². The topological polar surface area (TPSA) is 84.7 Å². The zero-order valence-electron chi connectivity index (χ0n) is 16.2. The number of hydrogen-bond acceptors (Lipinski definition) is 6. The van der Waals surface area contributed by atoms with Crippen LogP contribution in [0.5, 0.6) is 0 Å². The van der Waals surface area contributed by atoms with Gasteiger partial charge in [-0.25, -0.2) is 9.50 Å². The van der Waals surface area contributed by atoms with Gasteiger partial charge in [-0.05, 0) is 12.1 Å². The van der Waals surface area contributed by atoms with Crippen LogP contribution in [-0.4, -0.2) is 51.8 Å². The lowest BCUT2D eigenvalue weighted by Crippen LogP contribution is -2.36. The van der Waals surface area contributed by atoms with E-state index in [4.69, 9.17) is 4.74 Å². The number of nitrogens with one attached hydrogen (secondary N) is 1. The molecule has 1 fully saturated rings. The van der Waals surface area contributed by atoms with Crippen molar-refractivity contribution >= 4 is 22.9 Å². The van der Waals surface area contributed by atoms with Crippen molar-refractivity contribution in [3.8, 4) is 11.3 Å². The van der Waals surface area contributed by atoms with Crippen molar-refractivity contribution in [2.45, 2.75) is 0 Å². The molecule has 3 aromatic heterocycles. The lowest BCUT2D eigenvalue weighted by atomic mass is 10.2. The van der Waals surface area contributed by atoms with Crippen LogP contribution in [0.3, 0.4) is 0 Å². The molecule has 4 aromatic rings. The number of aromatic nitrogens is 4. The maximum absolute atomic E-state index is 13.1. The van der Waals surface area contributed by atoms with Gasteiger partial charge in [0, 0.05) is 31.0 Å². The van der Waals surface area contributed by atoms with Gasteiger partial charge in [0.25, 0.3) is 5.91 Å². The molecule has 1 amide bonds. The summed E-state index contributed by atoms with van der Waals surface area (Å²) in [6.45, 7) is 2.87. The number of fused-ring (bicyclic) bond motifs is 1. The third-order valence-electron chi connectivity index (χ3n) is 5.07. The summed E-state index contributed by atoms with van der Waals surface area (Å²) in [6, 6.07) is 13.4. The third kappa shape index (κ3) is 3.48. The van der Waals surface area contributed by atoms with Gasteiger partial charge in [0.15, 0.2) is 5.65 Å². The van der Waals surface area contributed by atoms with Crippen molar-refractivity contribution in [2.75, 3.05) is 36.5 Å². The van der Waals surface area contributed by atoms with Gasteiger partial charge < -0.3 is 15.0 Å². The van der Waals surface area contributed by atoms with Crippen molar-refractivity contribution < 1.29 is 9.53 Å². The van der Waals surface area contributed by atoms with Crippen LogP contribution in [0.15, 0.2) is 67.3 Å². The van der Waals surface area contributed by atoms with Crippen LogP contribution in [-0.2, 0) is 4.74 Å². The largest absolute Gasteiger partial charge is 0.378 e. The van der Waals surface area contributed by atoms with Crippen LogP contribution in [0.1, 0.15) is 10.4 Å². The van der Waals surface area contributed by atoms with Crippen molar-refractivity contribution in [3.63, 3.8) is 0 Å². The zero-order valence-corrected chi connectivity index (χ0v) is 16.2. The molecule has 8 heteroatoms. The molecular formula is C22H20N6O2. The van der Waals surface area contributed by atoms with Crippen LogP contribution in [0.25, 0.3) is 16.9 Å². The van der Waals surface area contributed by atoms with Gasteiger partial charge in [-0.2, -0.15) is 5.10 Å². The second-order valence-electron chi connectivity index (χ2n) is 6.95. The number of benzene rings is 1. The lowest BCUT2D eigenvalue weighted by Gasteiger charge is -2.30. The van der Waals surface area contributed by atoms with Gasteiger partial charge in [-0.3, -0.25) is 9.78 Å². The molecule has 0 atom stereocenters. The number of morpholine rings is 1. The molecule has 0 unspecified atom stereocenters. The van der Waals surface area contributed by atoms with E-state index in [0.717, 1.165) is 30.0 Å². The van der Waals surface area contributed by atoms with Gasteiger partial charge in [0.05, 0.1) is 48.2 Å². The SMILES string of the molecule is O=C(Nc1cnccc1N1CCOCC1)c1ccnn2cc(-c3ccccc3)nc12. The highest BCUT2D eigenvalue weighted by molar-refractivity contribution is 6.09. The van der Waals surface area contributed by atoms with E-state index in [9.17, 15) is 4.79 Å². The summed E-state index contributed by atoms with van der Waals surface area (Å²) in [7, 11) is 0. The summed E-state index contributed by atoms with van der Waals surface area (Å²) in [5.74, 6) is -0.255. The number of carbonyl (C=O) groups is 1. The van der Waals surface area contributed by atoms with Crippen molar-refractivity contribution in [3.05, 3.63) is 72.8 Å². The van der Waals surface area contributed by atoms with Gasteiger partial charge in [0.2, 0.25) is 0 Å². The van der Waals surface area contributed by atoms with Crippen LogP contribution in [0.4, 0.5) is 11.4 Å². The van der Waals surface area contributed by atoms with Gasteiger partial charge in [-0.1, -0.05) is 30.3 Å². The van der Waals surface area contributed by atoms with E-state index in [0.29, 0.717) is 30.1 Å². The van der Waals surface area contributed by atoms with Crippen molar-refractivity contribution in [1.29, 1.82) is 0 Å². The molecule has 0 saturated carbocycles. The average molecular weight is 400 g/mol. The Labute approximate surface area is 173 Å². The molecule has 0 bridgehead atoms. The van der Waals surface area contributed by atoms with Crippen molar-refractivity contribution in [1.82, 2.24) is 19.6 Å². The summed E-state index contributed by atoms with van der Waals surface area (Å²) < 4.78 is 7.06. The van der Waals surface area contributed by atoms with Crippen LogP contribution in [0.2, 0.25) is 0 Å². The van der Waals surface area contributed by atoms with Crippen LogP contribution < -0.4 is 10.2 Å². The number of pyridine rings is 1. The minimum Gasteiger partial charge on any atom is -0.378 e. The first-order chi connectivity index (χ1) is 14.8. The number of nitrogens with zero attached hydrogens (tertiary/aromatic N) is 5. The number of rotatable bonds is 4. The third-order valence-corrected chi connectivity index (χ3v) is 5.07. The Morgan fingerprint density at radius 2 is 1.87 bits per heavy atom. The smallest absolute Gasteiger partial charge is 0.259 e. The molecule has 1 aliphatic rings. The average Bonchev–Trinajstić information content (AvgIpc) is 3.25. The Balaban J connectivity index is 1.47.